The molecule has 0 spiro atoms. The van der Waals surface area contributed by atoms with Crippen molar-refractivity contribution < 1.29 is 4.48 Å². The van der Waals surface area contributed by atoms with E-state index in [1.165, 1.54) is 75.3 Å². The maximum absolute atomic E-state index is 6.67. The summed E-state index contributed by atoms with van der Waals surface area (Å²) in [5, 5.41) is 1.48. The van der Waals surface area contributed by atoms with Gasteiger partial charge in [-0.15, -0.1) is 0 Å². The highest BCUT2D eigenvalue weighted by Gasteiger charge is 2.31. The number of nitrogens with zero attached hydrogens (tertiary/aromatic N) is 1. The second kappa shape index (κ2) is 14.2. The van der Waals surface area contributed by atoms with Gasteiger partial charge in [0.2, 0.25) is 0 Å². The van der Waals surface area contributed by atoms with Crippen LogP contribution in [0.25, 0.3) is 0 Å². The molecule has 1 nitrogen and oxygen atoms in total. The van der Waals surface area contributed by atoms with Crippen LogP contribution < -0.4 is 0 Å². The molecule has 0 aliphatic heterocycles. The Bertz CT molecular complexity index is 742. The highest BCUT2D eigenvalue weighted by molar-refractivity contribution is 6.35. The Kier molecular flexibility index (Phi) is 12.0. The van der Waals surface area contributed by atoms with Crippen LogP contribution >= 0.6 is 23.2 Å². The smallest absolute Gasteiger partial charge is 0.120 e. The third-order valence-corrected chi connectivity index (χ3v) is 7.09. The van der Waals surface area contributed by atoms with Gasteiger partial charge in [-0.25, -0.2) is 0 Å². The summed E-state index contributed by atoms with van der Waals surface area (Å²) in [5.74, 6) is 0. The van der Waals surface area contributed by atoms with E-state index in [9.17, 15) is 0 Å². The second-order valence-electron chi connectivity index (χ2n) is 9.56. The summed E-state index contributed by atoms with van der Waals surface area (Å²) in [6.45, 7) is 3.44. The zero-order valence-corrected chi connectivity index (χ0v) is 21.4. The molecule has 3 heteroatoms. The van der Waals surface area contributed by atoms with E-state index in [4.69, 9.17) is 23.2 Å². The van der Waals surface area contributed by atoms with E-state index in [2.05, 4.69) is 57.4 Å². The summed E-state index contributed by atoms with van der Waals surface area (Å²) in [4.78, 5) is 0. The van der Waals surface area contributed by atoms with Gasteiger partial charge in [-0.05, 0) is 30.5 Å². The summed E-state index contributed by atoms with van der Waals surface area (Å²) in [6.07, 6.45) is 14.7. The van der Waals surface area contributed by atoms with Gasteiger partial charge in [-0.1, -0.05) is 118 Å². The van der Waals surface area contributed by atoms with E-state index in [0.29, 0.717) is 11.1 Å². The van der Waals surface area contributed by atoms with Crippen molar-refractivity contribution >= 4 is 23.2 Å². The standard InChI is InChI=1S/C28H42Cl2N/c1-4-5-6-7-8-9-10-11-12-16-21-31(2,3)28(22-24-17-14-13-15-18-24)26-20-19-25(29)23-27(26)30/h13-15,17-20,23,28H,4-12,16,21-22H2,1-3H3/q+1. The third-order valence-electron chi connectivity index (χ3n) is 6.53. The molecule has 0 amide bonds. The van der Waals surface area contributed by atoms with Crippen molar-refractivity contribution in [3.63, 3.8) is 0 Å². The maximum atomic E-state index is 6.67. The SMILES string of the molecule is CCCCCCCCCCCC[N+](C)(C)C(Cc1ccccc1)c1ccc(Cl)cc1Cl. The van der Waals surface area contributed by atoms with Crippen LogP contribution in [0.4, 0.5) is 0 Å². The van der Waals surface area contributed by atoms with Crippen LogP contribution in [0.5, 0.6) is 0 Å². The van der Waals surface area contributed by atoms with Crippen molar-refractivity contribution in [3.05, 3.63) is 69.7 Å². The summed E-state index contributed by atoms with van der Waals surface area (Å²) >= 11 is 12.9. The number of halogens is 2. The molecule has 0 fully saturated rings. The molecule has 0 saturated heterocycles. The van der Waals surface area contributed by atoms with Crippen LogP contribution in [0.3, 0.4) is 0 Å². The zero-order chi connectivity index (χ0) is 22.5. The van der Waals surface area contributed by atoms with E-state index >= 15 is 0 Å². The van der Waals surface area contributed by atoms with Gasteiger partial charge in [0.25, 0.3) is 0 Å². The predicted molar refractivity (Wildman–Crippen MR) is 138 cm³/mol. The summed E-state index contributed by atoms with van der Waals surface area (Å²) < 4.78 is 0.938. The zero-order valence-electron chi connectivity index (χ0n) is 19.9. The number of likely N-dealkylation sites (N-methyl/N-ethyl adjacent to an activating group) is 1. The molecule has 2 aromatic carbocycles. The number of hydrogen-bond acceptors (Lipinski definition) is 0. The van der Waals surface area contributed by atoms with E-state index in [-0.39, 0.29) is 0 Å². The first-order valence-electron chi connectivity index (χ1n) is 12.3. The summed E-state index contributed by atoms with van der Waals surface area (Å²) in [6, 6.07) is 17.1. The number of benzene rings is 2. The van der Waals surface area contributed by atoms with Gasteiger partial charge in [-0.3, -0.25) is 0 Å². The molecule has 1 atom stereocenters. The van der Waals surface area contributed by atoms with Crippen molar-refractivity contribution in [1.82, 2.24) is 0 Å². The topological polar surface area (TPSA) is 0 Å². The maximum Gasteiger partial charge on any atom is 0.120 e. The first-order valence-corrected chi connectivity index (χ1v) is 13.0. The lowest BCUT2D eigenvalue weighted by atomic mass is 9.95. The van der Waals surface area contributed by atoms with E-state index in [1.54, 1.807) is 0 Å². The summed E-state index contributed by atoms with van der Waals surface area (Å²) in [7, 11) is 4.71. The van der Waals surface area contributed by atoms with Gasteiger partial charge in [0.1, 0.15) is 6.04 Å². The van der Waals surface area contributed by atoms with Gasteiger partial charge in [0.15, 0.2) is 0 Å². The molecule has 0 N–H and O–H groups in total. The number of hydrogen-bond donors (Lipinski definition) is 0. The number of rotatable bonds is 15. The minimum Gasteiger partial charge on any atom is -0.322 e. The van der Waals surface area contributed by atoms with Crippen LogP contribution in [0.2, 0.25) is 10.0 Å². The molecular weight excluding hydrogens is 421 g/mol. The quantitative estimate of drug-likeness (QED) is 0.182. The fourth-order valence-corrected chi connectivity index (χ4v) is 5.04. The predicted octanol–water partition coefficient (Wildman–Crippen LogP) is 9.27. The minimum atomic E-state index is 0.311. The molecule has 0 aliphatic rings. The Labute approximate surface area is 201 Å². The molecule has 0 aliphatic carbocycles. The Morgan fingerprint density at radius 3 is 1.90 bits per heavy atom. The minimum absolute atomic E-state index is 0.311. The van der Waals surface area contributed by atoms with Crippen molar-refractivity contribution in [2.75, 3.05) is 20.6 Å². The molecule has 172 valence electrons. The Balaban J connectivity index is 1.91. The molecular formula is C28H42Cl2N+. The Hall–Kier alpha value is -1.02. The fraction of sp³-hybridized carbons (Fsp3) is 0.571. The molecule has 0 saturated carbocycles. The van der Waals surface area contributed by atoms with Gasteiger partial charge in [0.05, 0.1) is 25.7 Å². The normalized spacial score (nSPS) is 12.8. The van der Waals surface area contributed by atoms with Crippen molar-refractivity contribution in [3.8, 4) is 0 Å². The van der Waals surface area contributed by atoms with Crippen LogP contribution in [0.15, 0.2) is 48.5 Å². The first-order chi connectivity index (χ1) is 14.9. The molecule has 0 radical (unpaired) electrons. The van der Waals surface area contributed by atoms with Crippen molar-refractivity contribution in [2.24, 2.45) is 0 Å². The lowest BCUT2D eigenvalue weighted by Gasteiger charge is -2.39. The molecule has 31 heavy (non-hydrogen) atoms. The van der Waals surface area contributed by atoms with Crippen LogP contribution in [0, 0.1) is 0 Å². The molecule has 0 heterocycles. The molecule has 2 aromatic rings. The molecule has 0 bridgehead atoms. The van der Waals surface area contributed by atoms with Crippen molar-refractivity contribution in [1.29, 1.82) is 0 Å². The van der Waals surface area contributed by atoms with Crippen LogP contribution in [-0.2, 0) is 6.42 Å². The van der Waals surface area contributed by atoms with Gasteiger partial charge in [0, 0.05) is 17.0 Å². The van der Waals surface area contributed by atoms with E-state index < -0.39 is 0 Å². The third kappa shape index (κ3) is 9.56. The molecule has 0 aromatic heterocycles. The lowest BCUT2D eigenvalue weighted by Crippen LogP contribution is -2.45. The second-order valence-corrected chi connectivity index (χ2v) is 10.4. The highest BCUT2D eigenvalue weighted by atomic mass is 35.5. The van der Waals surface area contributed by atoms with Gasteiger partial charge in [-0.2, -0.15) is 0 Å². The average molecular weight is 464 g/mol. The molecule has 1 unspecified atom stereocenters. The lowest BCUT2D eigenvalue weighted by molar-refractivity contribution is -0.921. The van der Waals surface area contributed by atoms with Crippen molar-refractivity contribution in [2.45, 2.75) is 83.6 Å². The van der Waals surface area contributed by atoms with Gasteiger partial charge >= 0.3 is 0 Å². The monoisotopic (exact) mass is 462 g/mol. The Morgan fingerprint density at radius 1 is 0.742 bits per heavy atom. The average Bonchev–Trinajstić information content (AvgIpc) is 2.74. The molecule has 2 rings (SSSR count). The largest absolute Gasteiger partial charge is 0.322 e. The van der Waals surface area contributed by atoms with Crippen LogP contribution in [0.1, 0.15) is 88.3 Å². The van der Waals surface area contributed by atoms with Gasteiger partial charge < -0.3 is 4.48 Å². The summed E-state index contributed by atoms with van der Waals surface area (Å²) in [5.41, 5.74) is 2.56. The van der Waals surface area contributed by atoms with E-state index in [1.807, 2.05) is 12.1 Å². The van der Waals surface area contributed by atoms with E-state index in [0.717, 1.165) is 22.5 Å². The van der Waals surface area contributed by atoms with Crippen LogP contribution in [-0.4, -0.2) is 25.1 Å². The first kappa shape index (κ1) is 26.2. The number of unbranched alkanes of at least 4 members (excludes halogenated alkanes) is 9. The highest BCUT2D eigenvalue weighted by Crippen LogP contribution is 2.35. The Morgan fingerprint density at radius 2 is 1.32 bits per heavy atom. The number of quaternary nitrogens is 1. The fourth-order valence-electron chi connectivity index (χ4n) is 4.51.